The summed E-state index contributed by atoms with van der Waals surface area (Å²) < 4.78 is 11.4. The maximum Gasteiger partial charge on any atom is 0.229 e. The molecule has 0 bridgehead atoms. The molecule has 13 atom stereocenters. The Balaban J connectivity index is 1.52. The van der Waals surface area contributed by atoms with E-state index in [4.69, 9.17) is 9.47 Å². The zero-order valence-electron chi connectivity index (χ0n) is 30.6. The molecule has 14 heteroatoms. The molecule has 3 fully saturated rings. The van der Waals surface area contributed by atoms with E-state index in [0.717, 1.165) is 5.56 Å². The van der Waals surface area contributed by atoms with Gasteiger partial charge in [-0.1, -0.05) is 13.8 Å². The van der Waals surface area contributed by atoms with Gasteiger partial charge in [0.1, 0.15) is 35.8 Å². The van der Waals surface area contributed by atoms with Gasteiger partial charge >= 0.3 is 0 Å². The third-order valence-corrected chi connectivity index (χ3v) is 13.3. The third-order valence-electron chi connectivity index (χ3n) is 13.3. The highest BCUT2D eigenvalue weighted by molar-refractivity contribution is 5.94. The fraction of sp³-hybridized carbons (Fsp3) is 0.757. The van der Waals surface area contributed by atoms with Crippen molar-refractivity contribution in [2.75, 3.05) is 6.61 Å². The number of phenols is 1. The molecule has 286 valence electrons. The molecule has 2 saturated carbocycles. The summed E-state index contributed by atoms with van der Waals surface area (Å²) in [6.07, 6.45) is -8.45. The standard InChI is InChI=1S/C37H55NO13/c1-16-18-9-10-23-34(5)13-20(41)31(37(8,49)25(42)12-24(33(3,4)48)38-17(2)40)35(34,6)14-26(43)36(23,7)19(18)11-21(27(16)44)50-32-30(47)29(46)28(45)22(15-39)51-32/h11,20,22-24,28-32,39,41,44-49H,9-10,12-15H2,1-8H3,(H,38,40). The van der Waals surface area contributed by atoms with Crippen molar-refractivity contribution in [1.82, 2.24) is 5.32 Å². The average Bonchev–Trinajstić information content (AvgIpc) is 3.23. The first kappa shape index (κ1) is 39.5. The van der Waals surface area contributed by atoms with Gasteiger partial charge in [0.15, 0.2) is 17.3 Å². The van der Waals surface area contributed by atoms with Crippen LogP contribution in [0.25, 0.3) is 0 Å². The van der Waals surface area contributed by atoms with Gasteiger partial charge < -0.3 is 55.6 Å². The summed E-state index contributed by atoms with van der Waals surface area (Å²) in [6.45, 7) is 12.1. The second kappa shape index (κ2) is 13.0. The quantitative estimate of drug-likeness (QED) is 0.164. The molecule has 1 heterocycles. The molecule has 13 unspecified atom stereocenters. The van der Waals surface area contributed by atoms with Crippen LogP contribution in [0.4, 0.5) is 0 Å². The number of ketones is 2. The fourth-order valence-electron chi connectivity index (χ4n) is 10.3. The molecule has 1 aromatic carbocycles. The van der Waals surface area contributed by atoms with Crippen LogP contribution in [0.15, 0.2) is 6.07 Å². The molecule has 1 aliphatic heterocycles. The van der Waals surface area contributed by atoms with Gasteiger partial charge in [-0.2, -0.15) is 0 Å². The van der Waals surface area contributed by atoms with E-state index < -0.39 is 107 Å². The number of Topliss-reactive ketones (excluding diaryl/α,β-unsaturated/α-hetero) is 2. The second-order valence-electron chi connectivity index (χ2n) is 16.8. The normalized spacial score (nSPS) is 39.6. The molecule has 1 saturated heterocycles. The SMILES string of the molecule is CC(=O)NC(CC(=O)C(C)(O)C1C(O)CC2(C)C3CCc4c(cc(OC5OC(CO)C(O)C(O)C5O)c(O)c4C)C3(C)C(=O)CC12C)C(C)(C)O. The number of fused-ring (bicyclic) bond motifs is 5. The summed E-state index contributed by atoms with van der Waals surface area (Å²) in [5.41, 5.74) is -4.91. The molecule has 14 nitrogen and oxygen atoms in total. The Morgan fingerprint density at radius 1 is 1.06 bits per heavy atom. The number of aliphatic hydroxyl groups is 7. The molecule has 1 aromatic rings. The number of aromatic hydroxyl groups is 1. The van der Waals surface area contributed by atoms with Gasteiger partial charge in [-0.15, -0.1) is 0 Å². The maximum absolute atomic E-state index is 14.7. The van der Waals surface area contributed by atoms with Crippen molar-refractivity contribution in [3.8, 4) is 11.5 Å². The van der Waals surface area contributed by atoms with Crippen LogP contribution in [0.5, 0.6) is 11.5 Å². The fourth-order valence-corrected chi connectivity index (χ4v) is 10.3. The number of hydrogen-bond donors (Lipinski definition) is 9. The van der Waals surface area contributed by atoms with Crippen molar-refractivity contribution in [2.45, 2.75) is 147 Å². The van der Waals surface area contributed by atoms with E-state index in [2.05, 4.69) is 5.32 Å². The Morgan fingerprint density at radius 3 is 2.25 bits per heavy atom. The molecule has 0 aromatic heterocycles. The van der Waals surface area contributed by atoms with Crippen molar-refractivity contribution in [2.24, 2.45) is 22.7 Å². The predicted octanol–water partition coefficient (Wildman–Crippen LogP) is 0.0514. The van der Waals surface area contributed by atoms with E-state index in [1.807, 2.05) is 20.8 Å². The highest BCUT2D eigenvalue weighted by Gasteiger charge is 2.73. The molecular weight excluding hydrogens is 666 g/mol. The van der Waals surface area contributed by atoms with E-state index in [1.165, 1.54) is 33.8 Å². The van der Waals surface area contributed by atoms with Crippen molar-refractivity contribution in [1.29, 1.82) is 0 Å². The van der Waals surface area contributed by atoms with Crippen molar-refractivity contribution >= 4 is 17.5 Å². The molecule has 1 amide bonds. The number of carbonyl (C=O) groups is 3. The predicted molar refractivity (Wildman–Crippen MR) is 181 cm³/mol. The summed E-state index contributed by atoms with van der Waals surface area (Å²) in [7, 11) is 0. The number of amides is 1. The maximum atomic E-state index is 14.7. The van der Waals surface area contributed by atoms with Crippen LogP contribution in [0.1, 0.15) is 90.8 Å². The molecule has 0 radical (unpaired) electrons. The van der Waals surface area contributed by atoms with Crippen LogP contribution >= 0.6 is 0 Å². The number of rotatable bonds is 9. The van der Waals surface area contributed by atoms with E-state index in [0.29, 0.717) is 24.0 Å². The van der Waals surface area contributed by atoms with Crippen LogP contribution in [-0.4, -0.2) is 119 Å². The number of nitrogens with one attached hydrogen (secondary N) is 1. The largest absolute Gasteiger partial charge is 0.504 e. The Bertz CT molecular complexity index is 1570. The third kappa shape index (κ3) is 5.99. The van der Waals surface area contributed by atoms with Crippen LogP contribution in [0.2, 0.25) is 0 Å². The van der Waals surface area contributed by atoms with Gasteiger partial charge in [-0.25, -0.2) is 0 Å². The first-order valence-corrected chi connectivity index (χ1v) is 17.7. The minimum Gasteiger partial charge on any atom is -0.504 e. The summed E-state index contributed by atoms with van der Waals surface area (Å²) >= 11 is 0. The van der Waals surface area contributed by atoms with Crippen LogP contribution in [-0.2, 0) is 31.0 Å². The lowest BCUT2D eigenvalue weighted by molar-refractivity contribution is -0.277. The lowest BCUT2D eigenvalue weighted by Gasteiger charge is -2.61. The monoisotopic (exact) mass is 721 g/mol. The summed E-state index contributed by atoms with van der Waals surface area (Å²) in [4.78, 5) is 40.5. The van der Waals surface area contributed by atoms with Crippen LogP contribution < -0.4 is 10.1 Å². The molecule has 9 N–H and O–H groups in total. The van der Waals surface area contributed by atoms with Gasteiger partial charge in [0, 0.05) is 25.7 Å². The number of benzene rings is 1. The number of hydrogen-bond acceptors (Lipinski definition) is 13. The first-order chi connectivity index (χ1) is 23.4. The van der Waals surface area contributed by atoms with E-state index in [1.54, 1.807) is 6.92 Å². The lowest BCUT2D eigenvalue weighted by atomic mass is 9.41. The zero-order valence-corrected chi connectivity index (χ0v) is 30.6. The minimum atomic E-state index is -2.14. The highest BCUT2D eigenvalue weighted by Crippen LogP contribution is 2.72. The Hall–Kier alpha value is -2.69. The van der Waals surface area contributed by atoms with Crippen molar-refractivity contribution in [3.63, 3.8) is 0 Å². The molecule has 51 heavy (non-hydrogen) atoms. The molecule has 4 aliphatic rings. The van der Waals surface area contributed by atoms with Gasteiger partial charge in [-0.3, -0.25) is 14.4 Å². The Labute approximate surface area is 297 Å². The number of ether oxygens (including phenoxy) is 2. The van der Waals surface area contributed by atoms with Crippen LogP contribution in [0.3, 0.4) is 0 Å². The number of carbonyl (C=O) groups excluding carboxylic acids is 3. The summed E-state index contributed by atoms with van der Waals surface area (Å²) in [5.74, 6) is -3.22. The van der Waals surface area contributed by atoms with Crippen molar-refractivity contribution < 1.29 is 64.7 Å². The van der Waals surface area contributed by atoms with Gasteiger partial charge in [0.25, 0.3) is 0 Å². The summed E-state index contributed by atoms with van der Waals surface area (Å²) in [6, 6.07) is 0.508. The second-order valence-corrected chi connectivity index (χ2v) is 16.8. The molecular formula is C37H55NO13. The minimum absolute atomic E-state index is 0.107. The molecule has 3 aliphatic carbocycles. The topological polar surface area (TPSA) is 244 Å². The highest BCUT2D eigenvalue weighted by atomic mass is 16.7. The lowest BCUT2D eigenvalue weighted by Crippen LogP contribution is -2.64. The number of phenolic OH excluding ortho intramolecular Hbond substituents is 1. The number of aliphatic hydroxyl groups excluding tert-OH is 5. The Kier molecular flexibility index (Phi) is 10.1. The summed E-state index contributed by atoms with van der Waals surface area (Å²) in [5, 5.41) is 89.1. The van der Waals surface area contributed by atoms with Gasteiger partial charge in [0.2, 0.25) is 12.2 Å². The molecule has 5 rings (SSSR count). The van der Waals surface area contributed by atoms with E-state index >= 15 is 0 Å². The molecule has 0 spiro atoms. The Morgan fingerprint density at radius 2 is 1.69 bits per heavy atom. The smallest absolute Gasteiger partial charge is 0.229 e. The average molecular weight is 722 g/mol. The van der Waals surface area contributed by atoms with Crippen molar-refractivity contribution in [3.05, 3.63) is 22.8 Å². The van der Waals surface area contributed by atoms with E-state index in [9.17, 15) is 55.2 Å². The van der Waals surface area contributed by atoms with Gasteiger partial charge in [-0.05, 0) is 93.4 Å². The van der Waals surface area contributed by atoms with Gasteiger partial charge in [0.05, 0.1) is 29.8 Å². The van der Waals surface area contributed by atoms with E-state index in [-0.39, 0.29) is 30.1 Å². The first-order valence-electron chi connectivity index (χ1n) is 17.7. The zero-order chi connectivity index (χ0) is 38.4. The van der Waals surface area contributed by atoms with Crippen LogP contribution in [0, 0.1) is 29.6 Å².